The molecule has 8 heteroatoms. The van der Waals surface area contributed by atoms with Crippen molar-refractivity contribution in [2.75, 3.05) is 0 Å². The summed E-state index contributed by atoms with van der Waals surface area (Å²) in [6, 6.07) is 0. The van der Waals surface area contributed by atoms with Gasteiger partial charge in [0.2, 0.25) is 0 Å². The number of hydrogen-bond acceptors (Lipinski definition) is 6. The molecule has 0 bridgehead atoms. The minimum atomic E-state index is -3.72. The molecule has 0 aromatic carbocycles. The first-order valence-corrected chi connectivity index (χ1v) is 10.4. The standard InChI is InChI=1S/2C5H12O3Si/c2*6-9(7,8)5-3-1-2-4-5/h2*5-8H,1-4H2. The summed E-state index contributed by atoms with van der Waals surface area (Å²) in [7, 11) is -7.45. The van der Waals surface area contributed by atoms with E-state index >= 15 is 0 Å². The lowest BCUT2D eigenvalue weighted by atomic mass is 10.4. The Bertz CT molecular complexity index is 212. The van der Waals surface area contributed by atoms with Crippen molar-refractivity contribution in [3.05, 3.63) is 0 Å². The summed E-state index contributed by atoms with van der Waals surface area (Å²) in [6.07, 6.45) is 7.27. The van der Waals surface area contributed by atoms with E-state index in [0.717, 1.165) is 51.4 Å². The Morgan fingerprint density at radius 1 is 0.500 bits per heavy atom. The molecule has 0 radical (unpaired) electrons. The van der Waals surface area contributed by atoms with E-state index in [1.54, 1.807) is 0 Å². The van der Waals surface area contributed by atoms with E-state index < -0.39 is 17.6 Å². The van der Waals surface area contributed by atoms with Gasteiger partial charge in [-0.05, 0) is 25.7 Å². The Hall–Kier alpha value is 0.194. The van der Waals surface area contributed by atoms with Gasteiger partial charge in [-0.2, -0.15) is 0 Å². The van der Waals surface area contributed by atoms with Crippen molar-refractivity contribution in [1.82, 2.24) is 0 Å². The SMILES string of the molecule is O[Si](O)(O)C1CCCC1.O[Si](O)(O)C1CCCC1. The molecule has 2 fully saturated rings. The average Bonchev–Trinajstić information content (AvgIpc) is 2.91. The topological polar surface area (TPSA) is 121 Å². The van der Waals surface area contributed by atoms with E-state index in [2.05, 4.69) is 0 Å². The molecular formula is C10H24O6Si2. The van der Waals surface area contributed by atoms with Gasteiger partial charge in [-0.3, -0.25) is 0 Å². The molecule has 0 saturated heterocycles. The predicted molar refractivity (Wildman–Crippen MR) is 69.3 cm³/mol. The molecule has 0 amide bonds. The number of hydrogen-bond donors (Lipinski definition) is 6. The fourth-order valence-electron chi connectivity index (χ4n) is 2.63. The van der Waals surface area contributed by atoms with Crippen LogP contribution in [0.5, 0.6) is 0 Å². The molecule has 0 aliphatic heterocycles. The molecule has 0 aromatic heterocycles. The van der Waals surface area contributed by atoms with Crippen LogP contribution in [-0.2, 0) is 0 Å². The van der Waals surface area contributed by atoms with Crippen LogP contribution in [0.4, 0.5) is 0 Å². The van der Waals surface area contributed by atoms with Gasteiger partial charge in [-0.1, -0.05) is 25.7 Å². The lowest BCUT2D eigenvalue weighted by Gasteiger charge is -2.15. The van der Waals surface area contributed by atoms with Gasteiger partial charge in [0.15, 0.2) is 0 Å². The fraction of sp³-hybridized carbons (Fsp3) is 1.00. The zero-order chi connectivity index (χ0) is 13.8. The molecule has 6 N–H and O–H groups in total. The average molecular weight is 296 g/mol. The third-order valence-corrected chi connectivity index (χ3v) is 7.15. The molecular weight excluding hydrogens is 272 g/mol. The summed E-state index contributed by atoms with van der Waals surface area (Å²) >= 11 is 0. The van der Waals surface area contributed by atoms with Gasteiger partial charge in [0, 0.05) is 11.1 Å². The van der Waals surface area contributed by atoms with Crippen LogP contribution in [0.15, 0.2) is 0 Å². The van der Waals surface area contributed by atoms with Crippen molar-refractivity contribution in [2.45, 2.75) is 62.4 Å². The Morgan fingerprint density at radius 2 is 0.722 bits per heavy atom. The van der Waals surface area contributed by atoms with E-state index in [9.17, 15) is 0 Å². The smallest absolute Gasteiger partial charge is 0.390 e. The van der Waals surface area contributed by atoms with Crippen LogP contribution < -0.4 is 0 Å². The van der Waals surface area contributed by atoms with Crippen molar-refractivity contribution in [1.29, 1.82) is 0 Å². The first-order valence-electron chi connectivity index (χ1n) is 6.55. The fourth-order valence-corrected chi connectivity index (χ4v) is 4.99. The van der Waals surface area contributed by atoms with Gasteiger partial charge in [0.25, 0.3) is 0 Å². The maximum absolute atomic E-state index is 8.77. The Kier molecular flexibility index (Phi) is 5.93. The molecule has 6 nitrogen and oxygen atoms in total. The van der Waals surface area contributed by atoms with Gasteiger partial charge in [0.05, 0.1) is 0 Å². The molecule has 2 aliphatic rings. The molecule has 18 heavy (non-hydrogen) atoms. The summed E-state index contributed by atoms with van der Waals surface area (Å²) in [4.78, 5) is 52.6. The van der Waals surface area contributed by atoms with E-state index in [4.69, 9.17) is 28.8 Å². The Morgan fingerprint density at radius 3 is 0.833 bits per heavy atom. The second-order valence-corrected chi connectivity index (χ2v) is 9.72. The summed E-state index contributed by atoms with van der Waals surface area (Å²) < 4.78 is 0. The van der Waals surface area contributed by atoms with Crippen LogP contribution in [0.25, 0.3) is 0 Å². The molecule has 0 heterocycles. The summed E-state index contributed by atoms with van der Waals surface area (Å²) in [5.41, 5.74) is -0.366. The quantitative estimate of drug-likeness (QED) is 0.389. The molecule has 0 unspecified atom stereocenters. The maximum Gasteiger partial charge on any atom is 0.496 e. The summed E-state index contributed by atoms with van der Waals surface area (Å²) in [5, 5.41) is 0. The van der Waals surface area contributed by atoms with Gasteiger partial charge < -0.3 is 28.8 Å². The number of rotatable bonds is 2. The minimum Gasteiger partial charge on any atom is -0.390 e. The van der Waals surface area contributed by atoms with E-state index in [0.29, 0.717) is 0 Å². The normalized spacial score (nSPS) is 23.0. The van der Waals surface area contributed by atoms with Crippen LogP contribution >= 0.6 is 0 Å². The minimum absolute atomic E-state index is 0.183. The Labute approximate surface area is 109 Å². The molecule has 2 aliphatic carbocycles. The summed E-state index contributed by atoms with van der Waals surface area (Å²) in [6.45, 7) is 0. The van der Waals surface area contributed by atoms with Gasteiger partial charge in [-0.15, -0.1) is 0 Å². The van der Waals surface area contributed by atoms with Crippen LogP contribution in [0, 0.1) is 0 Å². The second kappa shape index (κ2) is 6.57. The summed E-state index contributed by atoms with van der Waals surface area (Å²) in [5.74, 6) is 0. The van der Waals surface area contributed by atoms with Crippen LogP contribution in [0.1, 0.15) is 51.4 Å². The molecule has 2 saturated carbocycles. The third kappa shape index (κ3) is 5.45. The highest BCUT2D eigenvalue weighted by Gasteiger charge is 2.40. The molecule has 0 spiro atoms. The van der Waals surface area contributed by atoms with Gasteiger partial charge in [-0.25, -0.2) is 0 Å². The molecule has 0 atom stereocenters. The highest BCUT2D eigenvalue weighted by Crippen LogP contribution is 2.35. The Balaban J connectivity index is 0.000000180. The van der Waals surface area contributed by atoms with Crippen LogP contribution in [0.3, 0.4) is 0 Å². The lowest BCUT2D eigenvalue weighted by molar-refractivity contribution is 0.208. The van der Waals surface area contributed by atoms with Crippen LogP contribution in [0.2, 0.25) is 11.1 Å². The second-order valence-electron chi connectivity index (χ2n) is 5.34. The van der Waals surface area contributed by atoms with Crippen molar-refractivity contribution >= 4 is 17.6 Å². The highest BCUT2D eigenvalue weighted by atomic mass is 28.4. The zero-order valence-corrected chi connectivity index (χ0v) is 12.5. The third-order valence-electron chi connectivity index (χ3n) is 3.81. The van der Waals surface area contributed by atoms with E-state index in [1.165, 1.54) is 0 Å². The van der Waals surface area contributed by atoms with Crippen molar-refractivity contribution in [3.63, 3.8) is 0 Å². The zero-order valence-electron chi connectivity index (χ0n) is 10.5. The van der Waals surface area contributed by atoms with Crippen molar-refractivity contribution < 1.29 is 28.8 Å². The highest BCUT2D eigenvalue weighted by molar-refractivity contribution is 6.58. The first-order chi connectivity index (χ1) is 8.21. The van der Waals surface area contributed by atoms with Gasteiger partial charge in [0.1, 0.15) is 0 Å². The van der Waals surface area contributed by atoms with Gasteiger partial charge >= 0.3 is 17.6 Å². The van der Waals surface area contributed by atoms with E-state index in [1.807, 2.05) is 0 Å². The maximum atomic E-state index is 8.77. The van der Waals surface area contributed by atoms with E-state index in [-0.39, 0.29) is 11.1 Å². The lowest BCUT2D eigenvalue weighted by Crippen LogP contribution is -2.39. The predicted octanol–water partition coefficient (Wildman–Crippen LogP) is -0.307. The molecule has 2 rings (SSSR count). The van der Waals surface area contributed by atoms with Crippen molar-refractivity contribution in [2.24, 2.45) is 0 Å². The van der Waals surface area contributed by atoms with Crippen molar-refractivity contribution in [3.8, 4) is 0 Å². The largest absolute Gasteiger partial charge is 0.496 e. The molecule has 108 valence electrons. The molecule has 0 aromatic rings. The monoisotopic (exact) mass is 296 g/mol. The first kappa shape index (κ1) is 16.2. The van der Waals surface area contributed by atoms with Crippen LogP contribution in [-0.4, -0.2) is 46.4 Å².